The molecule has 0 radical (unpaired) electrons. The highest BCUT2D eigenvalue weighted by atomic mass is 16.4. The lowest BCUT2D eigenvalue weighted by Crippen LogP contribution is -2.43. The Labute approximate surface area is 185 Å². The number of aromatic nitrogens is 1. The Bertz CT molecular complexity index is 901. The minimum absolute atomic E-state index is 0.0212. The van der Waals surface area contributed by atoms with Crippen LogP contribution in [0.15, 0.2) is 65.1 Å². The number of amides is 1. The minimum Gasteiger partial charge on any atom is -0.481 e. The van der Waals surface area contributed by atoms with Gasteiger partial charge in [0.05, 0.1) is 12.5 Å². The maximum atomic E-state index is 13.1. The zero-order chi connectivity index (χ0) is 23.8. The van der Waals surface area contributed by atoms with Gasteiger partial charge in [0, 0.05) is 12.3 Å². The Morgan fingerprint density at radius 2 is 1.90 bits per heavy atom. The van der Waals surface area contributed by atoms with E-state index in [1.807, 2.05) is 32.9 Å². The molecule has 6 nitrogen and oxygen atoms in total. The number of nitrogens with one attached hydrogen (secondary N) is 1. The molecule has 1 rings (SSSR count). The summed E-state index contributed by atoms with van der Waals surface area (Å²) in [5.41, 5.74) is 1.39. The molecule has 0 saturated heterocycles. The predicted octanol–water partition coefficient (Wildman–Crippen LogP) is 4.50. The van der Waals surface area contributed by atoms with E-state index in [-0.39, 0.29) is 23.3 Å². The van der Waals surface area contributed by atoms with Crippen molar-refractivity contribution < 1.29 is 14.7 Å². The van der Waals surface area contributed by atoms with Gasteiger partial charge in [0.2, 0.25) is 5.91 Å². The van der Waals surface area contributed by atoms with Crippen molar-refractivity contribution >= 4 is 11.9 Å². The van der Waals surface area contributed by atoms with Gasteiger partial charge in [-0.15, -0.1) is 0 Å². The molecule has 0 aliphatic heterocycles. The normalized spacial score (nSPS) is 14.5. The van der Waals surface area contributed by atoms with Crippen LogP contribution in [0.25, 0.3) is 0 Å². The standard InChI is InChI=1S/C25H36N2O4/c1-17(2)15-21(27-14-9-8-13-22(27)28)24(31)26-20(16-23(29)30)18(3)11-10-12-19(4)25(5,6)7/h8-14,17,20-21H,3,15-16H2,1-2,4-7H3,(H,26,31)(H,29,30)/b11-10-,19-12+/t20-,21?/m1/s1. The predicted molar refractivity (Wildman–Crippen MR) is 125 cm³/mol. The molecule has 2 atom stereocenters. The fourth-order valence-corrected chi connectivity index (χ4v) is 2.89. The fraction of sp³-hybridized carbons (Fsp3) is 0.480. The molecule has 2 N–H and O–H groups in total. The molecule has 0 aliphatic rings. The first-order chi connectivity index (χ1) is 14.3. The quantitative estimate of drug-likeness (QED) is 0.537. The van der Waals surface area contributed by atoms with E-state index in [1.165, 1.54) is 10.6 Å². The molecule has 1 amide bonds. The SMILES string of the molecule is C=C(/C=C\C=C(/C)C(C)(C)C)[C@@H](CC(=O)O)NC(=O)C(CC(C)C)n1ccccc1=O. The summed E-state index contributed by atoms with van der Waals surface area (Å²) >= 11 is 0. The number of pyridine rings is 1. The highest BCUT2D eigenvalue weighted by molar-refractivity contribution is 5.82. The van der Waals surface area contributed by atoms with E-state index in [4.69, 9.17) is 0 Å². The van der Waals surface area contributed by atoms with Crippen LogP contribution in [0.4, 0.5) is 0 Å². The number of carboxylic acids is 1. The highest BCUT2D eigenvalue weighted by Crippen LogP contribution is 2.24. The van der Waals surface area contributed by atoms with Gasteiger partial charge < -0.3 is 15.0 Å². The maximum absolute atomic E-state index is 13.1. The van der Waals surface area contributed by atoms with Gasteiger partial charge in [-0.3, -0.25) is 14.4 Å². The van der Waals surface area contributed by atoms with E-state index >= 15 is 0 Å². The molecule has 1 heterocycles. The molecule has 0 bridgehead atoms. The molecular weight excluding hydrogens is 392 g/mol. The summed E-state index contributed by atoms with van der Waals surface area (Å²) in [6.07, 6.45) is 7.22. The first-order valence-corrected chi connectivity index (χ1v) is 10.6. The number of rotatable bonds is 10. The molecule has 0 saturated carbocycles. The van der Waals surface area contributed by atoms with Crippen LogP contribution in [-0.4, -0.2) is 27.6 Å². The fourth-order valence-electron chi connectivity index (χ4n) is 2.89. The molecule has 0 fully saturated rings. The van der Waals surface area contributed by atoms with Crippen molar-refractivity contribution in [3.05, 3.63) is 70.7 Å². The van der Waals surface area contributed by atoms with Crippen LogP contribution < -0.4 is 10.9 Å². The van der Waals surface area contributed by atoms with Gasteiger partial charge in [0.25, 0.3) is 5.56 Å². The molecule has 0 aromatic carbocycles. The average molecular weight is 429 g/mol. The van der Waals surface area contributed by atoms with Crippen LogP contribution in [-0.2, 0) is 9.59 Å². The topological polar surface area (TPSA) is 88.4 Å². The van der Waals surface area contributed by atoms with Crippen LogP contribution >= 0.6 is 0 Å². The molecule has 1 aromatic heterocycles. The number of allylic oxidation sites excluding steroid dienone is 3. The number of hydrogen-bond acceptors (Lipinski definition) is 3. The third-order valence-corrected chi connectivity index (χ3v) is 5.17. The van der Waals surface area contributed by atoms with Crippen LogP contribution in [0.2, 0.25) is 0 Å². The van der Waals surface area contributed by atoms with E-state index < -0.39 is 24.0 Å². The van der Waals surface area contributed by atoms with Crippen LogP contribution in [0, 0.1) is 11.3 Å². The Morgan fingerprint density at radius 1 is 1.26 bits per heavy atom. The largest absolute Gasteiger partial charge is 0.481 e. The van der Waals surface area contributed by atoms with E-state index in [0.717, 1.165) is 5.57 Å². The van der Waals surface area contributed by atoms with E-state index in [9.17, 15) is 19.5 Å². The average Bonchev–Trinajstić information content (AvgIpc) is 2.64. The summed E-state index contributed by atoms with van der Waals surface area (Å²) in [5, 5.41) is 12.1. The number of hydrogen-bond donors (Lipinski definition) is 2. The van der Waals surface area contributed by atoms with Crippen molar-refractivity contribution in [2.75, 3.05) is 0 Å². The molecule has 0 aliphatic carbocycles. The lowest BCUT2D eigenvalue weighted by molar-refractivity contribution is -0.137. The first-order valence-electron chi connectivity index (χ1n) is 10.6. The van der Waals surface area contributed by atoms with E-state index in [1.54, 1.807) is 24.4 Å². The number of carbonyl (C=O) groups is 2. The molecule has 6 heteroatoms. The van der Waals surface area contributed by atoms with Crippen LogP contribution in [0.3, 0.4) is 0 Å². The Morgan fingerprint density at radius 3 is 2.42 bits per heavy atom. The van der Waals surface area contributed by atoms with Gasteiger partial charge in [0.15, 0.2) is 0 Å². The van der Waals surface area contributed by atoms with Gasteiger partial charge in [-0.1, -0.05) is 71.1 Å². The van der Waals surface area contributed by atoms with Crippen molar-refractivity contribution in [3.8, 4) is 0 Å². The van der Waals surface area contributed by atoms with Gasteiger partial charge in [0.1, 0.15) is 6.04 Å². The molecule has 1 unspecified atom stereocenters. The molecule has 0 spiro atoms. The molecule has 31 heavy (non-hydrogen) atoms. The third-order valence-electron chi connectivity index (χ3n) is 5.17. The van der Waals surface area contributed by atoms with Crippen LogP contribution in [0.1, 0.15) is 60.4 Å². The summed E-state index contributed by atoms with van der Waals surface area (Å²) in [7, 11) is 0. The second kappa shape index (κ2) is 11.5. The lowest BCUT2D eigenvalue weighted by Gasteiger charge is -2.25. The number of carbonyl (C=O) groups excluding carboxylic acids is 1. The van der Waals surface area contributed by atoms with E-state index in [0.29, 0.717) is 12.0 Å². The second-order valence-electron chi connectivity index (χ2n) is 9.28. The summed E-state index contributed by atoms with van der Waals surface area (Å²) in [6, 6.07) is 3.21. The second-order valence-corrected chi connectivity index (χ2v) is 9.28. The summed E-state index contributed by atoms with van der Waals surface area (Å²) in [5.74, 6) is -1.28. The van der Waals surface area contributed by atoms with Gasteiger partial charge in [-0.2, -0.15) is 0 Å². The maximum Gasteiger partial charge on any atom is 0.305 e. The minimum atomic E-state index is -1.04. The van der Waals surface area contributed by atoms with Crippen molar-refractivity contribution in [3.63, 3.8) is 0 Å². The van der Waals surface area contributed by atoms with E-state index in [2.05, 4.69) is 32.7 Å². The van der Waals surface area contributed by atoms with Gasteiger partial charge in [-0.05, 0) is 36.3 Å². The third kappa shape index (κ3) is 8.79. The zero-order valence-electron chi connectivity index (χ0n) is 19.5. The number of carboxylic acid groups (broad SMARTS) is 1. The Hall–Kier alpha value is -2.89. The summed E-state index contributed by atoms with van der Waals surface area (Å²) < 4.78 is 1.39. The van der Waals surface area contributed by atoms with Gasteiger partial charge in [-0.25, -0.2) is 0 Å². The van der Waals surface area contributed by atoms with Crippen molar-refractivity contribution in [1.82, 2.24) is 9.88 Å². The monoisotopic (exact) mass is 428 g/mol. The molecule has 1 aromatic rings. The highest BCUT2D eigenvalue weighted by Gasteiger charge is 2.26. The number of nitrogens with zero attached hydrogens (tertiary/aromatic N) is 1. The molecular formula is C25H36N2O4. The summed E-state index contributed by atoms with van der Waals surface area (Å²) in [4.78, 5) is 36.8. The smallest absolute Gasteiger partial charge is 0.305 e. The van der Waals surface area contributed by atoms with Crippen molar-refractivity contribution in [1.29, 1.82) is 0 Å². The van der Waals surface area contributed by atoms with Crippen molar-refractivity contribution in [2.45, 2.75) is 66.5 Å². The lowest BCUT2D eigenvalue weighted by atomic mass is 9.87. The first kappa shape index (κ1) is 26.1. The molecule has 170 valence electrons. The Balaban J connectivity index is 3.11. The Kier molecular flexibility index (Phi) is 9.69. The van der Waals surface area contributed by atoms with Gasteiger partial charge >= 0.3 is 5.97 Å². The van der Waals surface area contributed by atoms with Crippen molar-refractivity contribution in [2.24, 2.45) is 11.3 Å². The number of aliphatic carboxylic acids is 1. The zero-order valence-corrected chi connectivity index (χ0v) is 19.5. The summed E-state index contributed by atoms with van der Waals surface area (Å²) in [6.45, 7) is 16.2. The van der Waals surface area contributed by atoms with Crippen LogP contribution in [0.5, 0.6) is 0 Å².